The first kappa shape index (κ1) is 12.2. The predicted molar refractivity (Wildman–Crippen MR) is 71.5 cm³/mol. The van der Waals surface area contributed by atoms with Gasteiger partial charge in [-0.3, -0.25) is 10.1 Å². The van der Waals surface area contributed by atoms with Crippen LogP contribution in [0.2, 0.25) is 0 Å². The topological polar surface area (TPSA) is 58.2 Å². The first-order valence-electron chi connectivity index (χ1n) is 6.88. The van der Waals surface area contributed by atoms with E-state index in [1.807, 2.05) is 18.2 Å². The van der Waals surface area contributed by atoms with E-state index in [0.717, 1.165) is 32.1 Å². The predicted octanol–water partition coefficient (Wildman–Crippen LogP) is 2.00. The van der Waals surface area contributed by atoms with Crippen LogP contribution in [0.3, 0.4) is 0 Å². The number of urea groups is 1. The number of carbonyl (C=O) groups excluding carboxylic acids is 2. The van der Waals surface area contributed by atoms with Gasteiger partial charge in [0.1, 0.15) is 5.54 Å². The molecule has 2 aliphatic rings. The molecule has 1 heterocycles. The van der Waals surface area contributed by atoms with E-state index in [2.05, 4.69) is 22.8 Å². The van der Waals surface area contributed by atoms with E-state index in [1.54, 1.807) is 0 Å². The summed E-state index contributed by atoms with van der Waals surface area (Å²) in [5.74, 6) is 0.0493. The lowest BCUT2D eigenvalue weighted by Gasteiger charge is -2.38. The van der Waals surface area contributed by atoms with Crippen LogP contribution < -0.4 is 10.6 Å². The lowest BCUT2D eigenvalue weighted by atomic mass is 9.70. The Morgan fingerprint density at radius 3 is 2.63 bits per heavy atom. The van der Waals surface area contributed by atoms with Crippen LogP contribution in [0.1, 0.15) is 31.2 Å². The second-order valence-corrected chi connectivity index (χ2v) is 5.51. The molecule has 1 aliphatic carbocycles. The molecular weight excluding hydrogens is 240 g/mol. The Labute approximate surface area is 112 Å². The number of hydrogen-bond acceptors (Lipinski definition) is 2. The van der Waals surface area contributed by atoms with Gasteiger partial charge in [0.05, 0.1) is 0 Å². The second kappa shape index (κ2) is 4.68. The minimum atomic E-state index is -0.675. The van der Waals surface area contributed by atoms with E-state index in [4.69, 9.17) is 0 Å². The average molecular weight is 258 g/mol. The molecule has 1 aromatic rings. The van der Waals surface area contributed by atoms with Crippen molar-refractivity contribution < 1.29 is 9.59 Å². The van der Waals surface area contributed by atoms with Crippen molar-refractivity contribution in [3.8, 4) is 0 Å². The number of rotatable bonds is 2. The van der Waals surface area contributed by atoms with Crippen LogP contribution in [0, 0.1) is 5.92 Å². The van der Waals surface area contributed by atoms with Crippen LogP contribution in [0.25, 0.3) is 0 Å². The normalized spacial score (nSPS) is 30.2. The Hall–Kier alpha value is -1.84. The zero-order valence-corrected chi connectivity index (χ0v) is 10.8. The number of hydrogen-bond donors (Lipinski definition) is 2. The van der Waals surface area contributed by atoms with Gasteiger partial charge < -0.3 is 5.32 Å². The molecule has 1 saturated heterocycles. The summed E-state index contributed by atoms with van der Waals surface area (Å²) in [6.07, 6.45) is 4.71. The Balaban J connectivity index is 1.86. The van der Waals surface area contributed by atoms with Crippen LogP contribution in [0.4, 0.5) is 4.79 Å². The summed E-state index contributed by atoms with van der Waals surface area (Å²) in [5, 5.41) is 5.29. The van der Waals surface area contributed by atoms with Gasteiger partial charge in [0.2, 0.25) is 0 Å². The maximum Gasteiger partial charge on any atom is 0.322 e. The molecule has 1 aliphatic heterocycles. The minimum Gasteiger partial charge on any atom is -0.323 e. The van der Waals surface area contributed by atoms with Gasteiger partial charge in [-0.1, -0.05) is 43.2 Å². The van der Waals surface area contributed by atoms with Gasteiger partial charge in [-0.05, 0) is 30.7 Å². The quantitative estimate of drug-likeness (QED) is 0.797. The highest BCUT2D eigenvalue weighted by atomic mass is 16.2. The number of carbonyl (C=O) groups is 2. The number of benzene rings is 1. The largest absolute Gasteiger partial charge is 0.323 e. The van der Waals surface area contributed by atoms with E-state index in [1.165, 1.54) is 5.56 Å². The zero-order valence-electron chi connectivity index (χ0n) is 10.8. The van der Waals surface area contributed by atoms with Crippen molar-refractivity contribution in [2.75, 3.05) is 0 Å². The summed E-state index contributed by atoms with van der Waals surface area (Å²) in [6, 6.07) is 9.83. The maximum absolute atomic E-state index is 12.2. The van der Waals surface area contributed by atoms with E-state index >= 15 is 0 Å². The zero-order chi connectivity index (χ0) is 13.3. The Morgan fingerprint density at radius 2 is 1.95 bits per heavy atom. The number of amides is 3. The van der Waals surface area contributed by atoms with Crippen LogP contribution in [0.15, 0.2) is 30.3 Å². The van der Waals surface area contributed by atoms with E-state index in [0.29, 0.717) is 0 Å². The van der Waals surface area contributed by atoms with Crippen molar-refractivity contribution >= 4 is 11.9 Å². The minimum absolute atomic E-state index is 0.141. The molecule has 2 unspecified atom stereocenters. The molecule has 1 saturated carbocycles. The molecule has 2 N–H and O–H groups in total. The Morgan fingerprint density at radius 1 is 1.16 bits per heavy atom. The van der Waals surface area contributed by atoms with Gasteiger partial charge >= 0.3 is 6.03 Å². The molecule has 19 heavy (non-hydrogen) atoms. The van der Waals surface area contributed by atoms with Crippen molar-refractivity contribution in [1.29, 1.82) is 0 Å². The smallest absolute Gasteiger partial charge is 0.322 e. The fraction of sp³-hybridized carbons (Fsp3) is 0.467. The molecule has 2 fully saturated rings. The summed E-state index contributed by atoms with van der Waals surface area (Å²) in [4.78, 5) is 23.6. The van der Waals surface area contributed by atoms with Crippen LogP contribution in [0.5, 0.6) is 0 Å². The van der Waals surface area contributed by atoms with E-state index < -0.39 is 5.54 Å². The Kier molecular flexibility index (Phi) is 3.01. The third-order valence-electron chi connectivity index (χ3n) is 4.36. The molecule has 1 aromatic carbocycles. The van der Waals surface area contributed by atoms with Crippen molar-refractivity contribution in [1.82, 2.24) is 10.6 Å². The van der Waals surface area contributed by atoms with Crippen molar-refractivity contribution in [3.05, 3.63) is 35.9 Å². The van der Waals surface area contributed by atoms with Crippen molar-refractivity contribution in [3.63, 3.8) is 0 Å². The van der Waals surface area contributed by atoms with E-state index in [-0.39, 0.29) is 17.9 Å². The third kappa shape index (κ3) is 2.11. The molecule has 4 nitrogen and oxygen atoms in total. The molecular formula is C15H18N2O2. The summed E-state index contributed by atoms with van der Waals surface area (Å²) >= 11 is 0. The molecule has 100 valence electrons. The monoisotopic (exact) mass is 258 g/mol. The number of nitrogens with one attached hydrogen (secondary N) is 2. The summed E-state index contributed by atoms with van der Waals surface area (Å²) in [6.45, 7) is 0. The highest BCUT2D eigenvalue weighted by Crippen LogP contribution is 2.38. The molecule has 3 amide bonds. The van der Waals surface area contributed by atoms with Gasteiger partial charge in [0, 0.05) is 0 Å². The van der Waals surface area contributed by atoms with Gasteiger partial charge in [-0.2, -0.15) is 0 Å². The first-order valence-corrected chi connectivity index (χ1v) is 6.88. The maximum atomic E-state index is 12.2. The molecule has 3 rings (SSSR count). The fourth-order valence-electron chi connectivity index (χ4n) is 3.39. The highest BCUT2D eigenvalue weighted by molar-refractivity contribution is 6.07. The fourth-order valence-corrected chi connectivity index (χ4v) is 3.39. The molecule has 4 heteroatoms. The van der Waals surface area contributed by atoms with Crippen molar-refractivity contribution in [2.24, 2.45) is 5.92 Å². The molecule has 2 atom stereocenters. The Bertz CT molecular complexity index is 500. The summed E-state index contributed by atoms with van der Waals surface area (Å²) in [7, 11) is 0. The first-order chi connectivity index (χ1) is 9.21. The average Bonchev–Trinajstić information content (AvgIpc) is 2.69. The summed E-state index contributed by atoms with van der Waals surface area (Å²) < 4.78 is 0. The molecule has 0 radical (unpaired) electrons. The lowest BCUT2D eigenvalue weighted by Crippen LogP contribution is -2.55. The van der Waals surface area contributed by atoms with Crippen LogP contribution in [-0.4, -0.2) is 17.5 Å². The van der Waals surface area contributed by atoms with Gasteiger partial charge in [0.25, 0.3) is 5.91 Å². The van der Waals surface area contributed by atoms with Crippen molar-refractivity contribution in [2.45, 2.75) is 37.6 Å². The lowest BCUT2D eigenvalue weighted by molar-refractivity contribution is -0.127. The van der Waals surface area contributed by atoms with E-state index in [9.17, 15) is 9.59 Å². The van der Waals surface area contributed by atoms with Crippen LogP contribution >= 0.6 is 0 Å². The van der Waals surface area contributed by atoms with Gasteiger partial charge in [-0.25, -0.2) is 4.79 Å². The standard InChI is InChI=1S/C15H18N2O2/c18-13-15(17-14(19)16-13)9-5-4-8-12(15)10-11-6-2-1-3-7-11/h1-3,6-7,12H,4-5,8-10H2,(H2,16,17,18,19). The van der Waals surface area contributed by atoms with Crippen LogP contribution in [-0.2, 0) is 11.2 Å². The third-order valence-corrected chi connectivity index (χ3v) is 4.36. The number of imide groups is 1. The second-order valence-electron chi connectivity index (χ2n) is 5.51. The SMILES string of the molecule is O=C1NC(=O)C2(CCCCC2Cc2ccccc2)N1. The van der Waals surface area contributed by atoms with Gasteiger partial charge in [0.15, 0.2) is 0 Å². The molecule has 0 aromatic heterocycles. The molecule has 0 bridgehead atoms. The molecule has 1 spiro atoms. The highest BCUT2D eigenvalue weighted by Gasteiger charge is 2.52. The van der Waals surface area contributed by atoms with Gasteiger partial charge in [-0.15, -0.1) is 0 Å². The summed E-state index contributed by atoms with van der Waals surface area (Å²) in [5.41, 5.74) is 0.549.